The minimum atomic E-state index is -0.556. The smallest absolute Gasteiger partial charge is 0.256 e. The summed E-state index contributed by atoms with van der Waals surface area (Å²) in [6.45, 7) is 3.29. The number of methoxy groups -OCH3 is 1. The molecule has 2 fully saturated rings. The first-order chi connectivity index (χ1) is 14.5. The Hall–Kier alpha value is -2.48. The van der Waals surface area contributed by atoms with Gasteiger partial charge in [0.1, 0.15) is 17.3 Å². The van der Waals surface area contributed by atoms with Crippen LogP contribution in [0.1, 0.15) is 15.9 Å². The number of hydrogen-bond acceptors (Lipinski definition) is 5. The molecule has 0 aliphatic carbocycles. The van der Waals surface area contributed by atoms with Crippen LogP contribution in [0.4, 0.5) is 4.39 Å². The van der Waals surface area contributed by atoms with Crippen molar-refractivity contribution in [2.45, 2.75) is 6.42 Å². The van der Waals surface area contributed by atoms with Gasteiger partial charge in [-0.1, -0.05) is 12.1 Å². The van der Waals surface area contributed by atoms with E-state index in [0.29, 0.717) is 51.0 Å². The minimum absolute atomic E-state index is 0.0145. The third-order valence-corrected chi connectivity index (χ3v) is 6.00. The van der Waals surface area contributed by atoms with Crippen molar-refractivity contribution in [2.24, 2.45) is 17.1 Å². The normalized spacial score (nSPS) is 22.9. The van der Waals surface area contributed by atoms with Gasteiger partial charge in [0, 0.05) is 31.5 Å². The average Bonchev–Trinajstić information content (AvgIpc) is 3.28. The standard InChI is InChI=1S/C23H27FN2O4/c1-28-14-23-13-26(11-17(23)12-29-15-23)22(27)20-10-19(6-7-21(20)24)30-18-4-2-16(3-5-18)8-9-25/h2-7,10,17H,8-9,11-15,25H2,1H3/t17-,23-/m0/s1. The van der Waals surface area contributed by atoms with Gasteiger partial charge in [0.05, 0.1) is 25.4 Å². The van der Waals surface area contributed by atoms with Crippen molar-refractivity contribution in [2.75, 3.05) is 46.6 Å². The summed E-state index contributed by atoms with van der Waals surface area (Å²) < 4.78 is 31.4. The maximum atomic E-state index is 14.5. The molecule has 30 heavy (non-hydrogen) atoms. The number of nitrogens with two attached hydrogens (primary N) is 1. The van der Waals surface area contributed by atoms with E-state index >= 15 is 0 Å². The fourth-order valence-corrected chi connectivity index (χ4v) is 4.41. The molecular weight excluding hydrogens is 387 g/mol. The monoisotopic (exact) mass is 414 g/mol. The zero-order valence-electron chi connectivity index (χ0n) is 17.1. The first-order valence-corrected chi connectivity index (χ1v) is 10.2. The lowest BCUT2D eigenvalue weighted by molar-refractivity contribution is 0.0487. The Kier molecular flexibility index (Phi) is 6.04. The molecule has 0 spiro atoms. The summed E-state index contributed by atoms with van der Waals surface area (Å²) in [6.07, 6.45) is 0.794. The summed E-state index contributed by atoms with van der Waals surface area (Å²) in [4.78, 5) is 14.8. The van der Waals surface area contributed by atoms with E-state index in [1.54, 1.807) is 12.0 Å². The number of likely N-dealkylation sites (tertiary alicyclic amines) is 1. The maximum Gasteiger partial charge on any atom is 0.256 e. The third-order valence-electron chi connectivity index (χ3n) is 6.00. The zero-order chi connectivity index (χ0) is 21.1. The van der Waals surface area contributed by atoms with E-state index in [2.05, 4.69) is 0 Å². The van der Waals surface area contributed by atoms with Crippen molar-refractivity contribution in [3.05, 3.63) is 59.4 Å². The van der Waals surface area contributed by atoms with Crippen LogP contribution >= 0.6 is 0 Å². The van der Waals surface area contributed by atoms with Crippen LogP contribution in [0.15, 0.2) is 42.5 Å². The Bertz CT molecular complexity index is 905. The van der Waals surface area contributed by atoms with Gasteiger partial charge in [-0.05, 0) is 48.9 Å². The molecule has 6 nitrogen and oxygen atoms in total. The molecule has 0 saturated carbocycles. The van der Waals surface area contributed by atoms with Crippen LogP contribution in [0, 0.1) is 17.2 Å². The molecule has 2 atom stereocenters. The number of carbonyl (C=O) groups excluding carboxylic acids is 1. The molecule has 2 aliphatic heterocycles. The Morgan fingerprint density at radius 2 is 2.03 bits per heavy atom. The number of carbonyl (C=O) groups is 1. The second kappa shape index (κ2) is 8.71. The lowest BCUT2D eigenvalue weighted by atomic mass is 9.82. The number of fused-ring (bicyclic) bond motifs is 1. The SMILES string of the molecule is COC[C@@]12COC[C@@H]1CN(C(=O)c1cc(Oc3ccc(CCN)cc3)ccc1F)C2. The van der Waals surface area contributed by atoms with Crippen molar-refractivity contribution < 1.29 is 23.4 Å². The van der Waals surface area contributed by atoms with Crippen LogP contribution in [-0.2, 0) is 15.9 Å². The Balaban J connectivity index is 1.50. The van der Waals surface area contributed by atoms with Crippen LogP contribution < -0.4 is 10.5 Å². The number of benzene rings is 2. The molecule has 2 aromatic carbocycles. The Morgan fingerprint density at radius 3 is 2.77 bits per heavy atom. The minimum Gasteiger partial charge on any atom is -0.457 e. The van der Waals surface area contributed by atoms with Gasteiger partial charge in [-0.15, -0.1) is 0 Å². The van der Waals surface area contributed by atoms with E-state index in [4.69, 9.17) is 19.9 Å². The molecule has 1 amide bonds. The van der Waals surface area contributed by atoms with Crippen LogP contribution in [0.25, 0.3) is 0 Å². The predicted molar refractivity (Wildman–Crippen MR) is 110 cm³/mol. The molecule has 2 aromatic rings. The predicted octanol–water partition coefficient (Wildman–Crippen LogP) is 2.85. The van der Waals surface area contributed by atoms with Crippen molar-refractivity contribution >= 4 is 5.91 Å². The lowest BCUT2D eigenvalue weighted by Crippen LogP contribution is -2.37. The Morgan fingerprint density at radius 1 is 1.27 bits per heavy atom. The van der Waals surface area contributed by atoms with Crippen molar-refractivity contribution in [1.29, 1.82) is 0 Å². The van der Waals surface area contributed by atoms with Gasteiger partial charge in [0.15, 0.2) is 0 Å². The highest BCUT2D eigenvalue weighted by atomic mass is 19.1. The highest BCUT2D eigenvalue weighted by Crippen LogP contribution is 2.42. The number of amides is 1. The number of hydrogen-bond donors (Lipinski definition) is 1. The van der Waals surface area contributed by atoms with Gasteiger partial charge in [-0.3, -0.25) is 4.79 Å². The summed E-state index contributed by atoms with van der Waals surface area (Å²) in [6, 6.07) is 11.8. The Labute approximate surface area is 175 Å². The fourth-order valence-electron chi connectivity index (χ4n) is 4.41. The van der Waals surface area contributed by atoms with Crippen LogP contribution in [0.2, 0.25) is 0 Å². The molecule has 4 rings (SSSR count). The van der Waals surface area contributed by atoms with E-state index < -0.39 is 5.82 Å². The number of halogens is 1. The molecule has 2 aliphatic rings. The van der Waals surface area contributed by atoms with E-state index in [1.165, 1.54) is 18.2 Å². The molecule has 7 heteroatoms. The molecule has 0 radical (unpaired) electrons. The van der Waals surface area contributed by atoms with Gasteiger partial charge >= 0.3 is 0 Å². The van der Waals surface area contributed by atoms with Gasteiger partial charge in [-0.2, -0.15) is 0 Å². The number of ether oxygens (including phenoxy) is 3. The number of nitrogens with zero attached hydrogens (tertiary/aromatic N) is 1. The highest BCUT2D eigenvalue weighted by molar-refractivity contribution is 5.95. The number of rotatable bonds is 7. The molecule has 2 N–H and O–H groups in total. The summed E-state index contributed by atoms with van der Waals surface area (Å²) in [5.41, 5.74) is 6.50. The quantitative estimate of drug-likeness (QED) is 0.754. The van der Waals surface area contributed by atoms with Gasteiger partial charge in [0.25, 0.3) is 5.91 Å². The van der Waals surface area contributed by atoms with Gasteiger partial charge in [0.2, 0.25) is 0 Å². The van der Waals surface area contributed by atoms with E-state index in [9.17, 15) is 9.18 Å². The van der Waals surface area contributed by atoms with Crippen LogP contribution in [0.5, 0.6) is 11.5 Å². The van der Waals surface area contributed by atoms with E-state index in [-0.39, 0.29) is 22.8 Å². The van der Waals surface area contributed by atoms with Crippen molar-refractivity contribution in [3.63, 3.8) is 0 Å². The van der Waals surface area contributed by atoms with E-state index in [1.807, 2.05) is 24.3 Å². The summed E-state index contributed by atoms with van der Waals surface area (Å²) in [5.74, 6) is 0.352. The van der Waals surface area contributed by atoms with Crippen molar-refractivity contribution in [3.8, 4) is 11.5 Å². The maximum absolute atomic E-state index is 14.5. The fraction of sp³-hybridized carbons (Fsp3) is 0.435. The second-order valence-corrected chi connectivity index (χ2v) is 8.12. The van der Waals surface area contributed by atoms with Crippen LogP contribution in [0.3, 0.4) is 0 Å². The van der Waals surface area contributed by atoms with Crippen LogP contribution in [-0.4, -0.2) is 57.4 Å². The highest BCUT2D eigenvalue weighted by Gasteiger charge is 2.52. The molecule has 160 valence electrons. The van der Waals surface area contributed by atoms with Crippen molar-refractivity contribution in [1.82, 2.24) is 4.90 Å². The van der Waals surface area contributed by atoms with Gasteiger partial charge in [-0.25, -0.2) is 4.39 Å². The largest absolute Gasteiger partial charge is 0.457 e. The molecule has 0 bridgehead atoms. The third kappa shape index (κ3) is 4.05. The second-order valence-electron chi connectivity index (χ2n) is 8.12. The molecular formula is C23H27FN2O4. The molecule has 2 saturated heterocycles. The summed E-state index contributed by atoms with van der Waals surface area (Å²) >= 11 is 0. The molecule has 2 heterocycles. The topological polar surface area (TPSA) is 74.0 Å². The van der Waals surface area contributed by atoms with Gasteiger partial charge < -0.3 is 24.8 Å². The first-order valence-electron chi connectivity index (χ1n) is 10.2. The van der Waals surface area contributed by atoms with E-state index in [0.717, 1.165) is 12.0 Å². The molecule has 0 unspecified atom stereocenters. The summed E-state index contributed by atoms with van der Waals surface area (Å²) in [7, 11) is 1.65. The molecule has 0 aromatic heterocycles. The average molecular weight is 414 g/mol. The lowest BCUT2D eigenvalue weighted by Gasteiger charge is -2.26. The zero-order valence-corrected chi connectivity index (χ0v) is 17.1. The first kappa shape index (κ1) is 20.8. The summed E-state index contributed by atoms with van der Waals surface area (Å²) in [5, 5.41) is 0.